The summed E-state index contributed by atoms with van der Waals surface area (Å²) < 4.78 is 6.46. The van der Waals surface area contributed by atoms with Crippen molar-refractivity contribution in [3.63, 3.8) is 0 Å². The predicted octanol–water partition coefficient (Wildman–Crippen LogP) is 5.87. The maximum atomic E-state index is 13.4. The van der Waals surface area contributed by atoms with Gasteiger partial charge in [0.05, 0.1) is 23.2 Å². The van der Waals surface area contributed by atoms with Crippen molar-refractivity contribution in [2.75, 3.05) is 17.2 Å². The number of thiophene rings is 2. The molecule has 0 fully saturated rings. The van der Waals surface area contributed by atoms with E-state index >= 15 is 0 Å². The van der Waals surface area contributed by atoms with Crippen molar-refractivity contribution in [2.45, 2.75) is 27.3 Å². The number of rotatable bonds is 8. The number of hydrogen-bond acceptors (Lipinski definition) is 8. The Bertz CT molecular complexity index is 1820. The van der Waals surface area contributed by atoms with Gasteiger partial charge < -0.3 is 15.4 Å². The highest BCUT2D eigenvalue weighted by molar-refractivity contribution is 7.20. The summed E-state index contributed by atoms with van der Waals surface area (Å²) >= 11 is 2.33. The predicted molar refractivity (Wildman–Crippen MR) is 162 cm³/mol. The number of anilines is 2. The zero-order valence-corrected chi connectivity index (χ0v) is 24.2. The normalized spacial score (nSPS) is 10.9. The molecule has 2 N–H and O–H groups in total. The number of hydrogen-bond donors (Lipinski definition) is 2. The van der Waals surface area contributed by atoms with Crippen molar-refractivity contribution in [3.8, 4) is 11.1 Å². The van der Waals surface area contributed by atoms with Crippen molar-refractivity contribution in [1.82, 2.24) is 9.55 Å². The van der Waals surface area contributed by atoms with Crippen LogP contribution in [0.3, 0.4) is 0 Å². The smallest absolute Gasteiger partial charge is 0.341 e. The molecular weight excluding hydrogens is 560 g/mol. The molecule has 5 rings (SSSR count). The molecule has 0 aliphatic heterocycles. The van der Waals surface area contributed by atoms with E-state index in [2.05, 4.69) is 15.6 Å². The van der Waals surface area contributed by atoms with E-state index in [9.17, 15) is 19.2 Å². The Morgan fingerprint density at radius 1 is 1.00 bits per heavy atom. The van der Waals surface area contributed by atoms with Crippen LogP contribution in [0.5, 0.6) is 0 Å². The Hall–Kier alpha value is -4.61. The second-order valence-corrected chi connectivity index (χ2v) is 11.1. The van der Waals surface area contributed by atoms with E-state index in [4.69, 9.17) is 4.74 Å². The number of esters is 1. The molecule has 0 unspecified atom stereocenters. The average molecular weight is 587 g/mol. The molecule has 9 nitrogen and oxygen atoms in total. The lowest BCUT2D eigenvalue weighted by Gasteiger charge is -2.10. The van der Waals surface area contributed by atoms with Crippen molar-refractivity contribution >= 4 is 61.4 Å². The third-order valence-electron chi connectivity index (χ3n) is 6.36. The number of nitrogens with one attached hydrogen (secondary N) is 2. The molecule has 2 aromatic carbocycles. The van der Waals surface area contributed by atoms with Crippen LogP contribution in [0, 0.1) is 13.8 Å². The third-order valence-corrected chi connectivity index (χ3v) is 8.45. The monoisotopic (exact) mass is 586 g/mol. The number of para-hydroxylation sites is 1. The molecule has 0 atom stereocenters. The van der Waals surface area contributed by atoms with Crippen molar-refractivity contribution in [1.29, 1.82) is 0 Å². The number of amides is 2. The molecule has 208 valence electrons. The summed E-state index contributed by atoms with van der Waals surface area (Å²) in [7, 11) is 0. The molecule has 0 saturated carbocycles. The maximum Gasteiger partial charge on any atom is 0.341 e. The molecule has 5 aromatic rings. The van der Waals surface area contributed by atoms with Gasteiger partial charge in [0.1, 0.15) is 21.9 Å². The van der Waals surface area contributed by atoms with Crippen LogP contribution in [-0.4, -0.2) is 33.9 Å². The van der Waals surface area contributed by atoms with Gasteiger partial charge in [-0.3, -0.25) is 19.0 Å². The van der Waals surface area contributed by atoms with Crippen LogP contribution >= 0.6 is 22.7 Å². The maximum absolute atomic E-state index is 13.4. The Morgan fingerprint density at radius 2 is 1.73 bits per heavy atom. The number of benzene rings is 2. The highest BCUT2D eigenvalue weighted by Gasteiger charge is 2.24. The molecule has 2 amide bonds. The van der Waals surface area contributed by atoms with Crippen LogP contribution < -0.4 is 16.2 Å². The Labute approximate surface area is 243 Å². The highest BCUT2D eigenvalue weighted by atomic mass is 32.1. The molecule has 11 heteroatoms. The van der Waals surface area contributed by atoms with Crippen LogP contribution in [0.1, 0.15) is 38.1 Å². The number of aromatic nitrogens is 2. The van der Waals surface area contributed by atoms with Crippen molar-refractivity contribution in [3.05, 3.63) is 98.2 Å². The van der Waals surface area contributed by atoms with Crippen LogP contribution in [0.15, 0.2) is 71.1 Å². The summed E-state index contributed by atoms with van der Waals surface area (Å²) in [6.45, 7) is 5.23. The van der Waals surface area contributed by atoms with Gasteiger partial charge in [0.25, 0.3) is 11.5 Å². The standard InChI is InChI=1S/C30H26N4O5S2/c1-4-39-30(38)24-21(19-12-10-17(2)11-13-19)15-40-28(24)33-22(35)14-34-16-31-27-23(29(34)37)18(3)25(41-27)26(36)32-20-8-6-5-7-9-20/h5-13,15-16H,4,14H2,1-3H3,(H,32,36)(H,33,35). The van der Waals surface area contributed by atoms with E-state index in [0.29, 0.717) is 31.5 Å². The second-order valence-electron chi connectivity index (χ2n) is 9.22. The van der Waals surface area contributed by atoms with Gasteiger partial charge in [-0.25, -0.2) is 9.78 Å². The third kappa shape index (κ3) is 5.81. The Morgan fingerprint density at radius 3 is 2.44 bits per heavy atom. The van der Waals surface area contributed by atoms with E-state index in [1.807, 2.05) is 49.4 Å². The van der Waals surface area contributed by atoms with Crippen molar-refractivity contribution < 1.29 is 19.1 Å². The van der Waals surface area contributed by atoms with Crippen LogP contribution in [0.2, 0.25) is 0 Å². The first-order chi connectivity index (χ1) is 19.8. The molecule has 0 saturated heterocycles. The summed E-state index contributed by atoms with van der Waals surface area (Å²) in [5.74, 6) is -1.39. The Balaban J connectivity index is 1.40. The SMILES string of the molecule is CCOC(=O)c1c(-c2ccc(C)cc2)csc1NC(=O)Cn1cnc2sc(C(=O)Nc3ccccc3)c(C)c2c1=O. The lowest BCUT2D eigenvalue weighted by atomic mass is 10.0. The molecule has 3 aromatic heterocycles. The molecule has 0 aliphatic carbocycles. The van der Waals surface area contributed by atoms with Gasteiger partial charge in [-0.15, -0.1) is 22.7 Å². The molecular formula is C30H26N4O5S2. The number of ether oxygens (including phenoxy) is 1. The number of fused-ring (bicyclic) bond motifs is 1. The minimum Gasteiger partial charge on any atom is -0.462 e. The van der Waals surface area contributed by atoms with Crippen LogP contribution in [0.25, 0.3) is 21.3 Å². The molecule has 0 radical (unpaired) electrons. The first-order valence-electron chi connectivity index (χ1n) is 12.8. The van der Waals surface area contributed by atoms with Crippen LogP contribution in [-0.2, 0) is 16.1 Å². The number of carbonyl (C=O) groups is 3. The fraction of sp³-hybridized carbons (Fsp3) is 0.167. The molecule has 0 bridgehead atoms. The average Bonchev–Trinajstić information content (AvgIpc) is 3.52. The zero-order chi connectivity index (χ0) is 29.1. The summed E-state index contributed by atoms with van der Waals surface area (Å²) in [5.41, 5.74) is 3.51. The summed E-state index contributed by atoms with van der Waals surface area (Å²) in [6.07, 6.45) is 1.29. The zero-order valence-electron chi connectivity index (χ0n) is 22.5. The highest BCUT2D eigenvalue weighted by Crippen LogP contribution is 2.36. The van der Waals surface area contributed by atoms with E-state index in [-0.39, 0.29) is 30.0 Å². The summed E-state index contributed by atoms with van der Waals surface area (Å²) in [4.78, 5) is 57.3. The minimum absolute atomic E-state index is 0.182. The fourth-order valence-electron chi connectivity index (χ4n) is 4.32. The quantitative estimate of drug-likeness (QED) is 0.220. The van der Waals surface area contributed by atoms with Crippen molar-refractivity contribution in [2.24, 2.45) is 0 Å². The second kappa shape index (κ2) is 11.9. The largest absolute Gasteiger partial charge is 0.462 e. The summed E-state index contributed by atoms with van der Waals surface area (Å²) in [6, 6.07) is 16.7. The molecule has 0 spiro atoms. The number of nitrogens with zero attached hydrogens (tertiary/aromatic N) is 2. The van der Waals surface area contributed by atoms with Gasteiger partial charge in [0.15, 0.2) is 0 Å². The molecule has 3 heterocycles. The molecule has 41 heavy (non-hydrogen) atoms. The first kappa shape index (κ1) is 27.9. The van der Waals surface area contributed by atoms with Gasteiger partial charge in [-0.2, -0.15) is 0 Å². The van der Waals surface area contributed by atoms with Gasteiger partial charge in [0, 0.05) is 16.6 Å². The van der Waals surface area contributed by atoms with E-state index in [1.54, 1.807) is 31.4 Å². The lowest BCUT2D eigenvalue weighted by Crippen LogP contribution is -2.28. The fourth-order valence-corrected chi connectivity index (χ4v) is 6.33. The molecule has 0 aliphatic rings. The van der Waals surface area contributed by atoms with Gasteiger partial charge in [0.2, 0.25) is 5.91 Å². The van der Waals surface area contributed by atoms with Crippen LogP contribution in [0.4, 0.5) is 10.7 Å². The minimum atomic E-state index is -0.546. The van der Waals surface area contributed by atoms with Gasteiger partial charge >= 0.3 is 5.97 Å². The van der Waals surface area contributed by atoms with E-state index in [0.717, 1.165) is 22.5 Å². The van der Waals surface area contributed by atoms with Gasteiger partial charge in [-0.05, 0) is 44.0 Å². The summed E-state index contributed by atoms with van der Waals surface area (Å²) in [5, 5.41) is 8.01. The van der Waals surface area contributed by atoms with Gasteiger partial charge in [-0.1, -0.05) is 48.0 Å². The van der Waals surface area contributed by atoms with E-state index < -0.39 is 17.4 Å². The first-order valence-corrected chi connectivity index (χ1v) is 14.5. The Kier molecular flexibility index (Phi) is 8.09. The topological polar surface area (TPSA) is 119 Å². The number of aryl methyl sites for hydroxylation is 2. The number of carbonyl (C=O) groups excluding carboxylic acids is 3. The van der Waals surface area contributed by atoms with E-state index in [1.165, 1.54) is 22.2 Å². The lowest BCUT2D eigenvalue weighted by molar-refractivity contribution is -0.116.